The van der Waals surface area contributed by atoms with Gasteiger partial charge in [-0.1, -0.05) is 36.0 Å². The number of hydrogen-bond donors (Lipinski definition) is 0. The summed E-state index contributed by atoms with van der Waals surface area (Å²) in [5, 5.41) is 0. The number of hydrogen-bond acceptors (Lipinski definition) is 1. The zero-order chi connectivity index (χ0) is 14.2. The molecule has 92 valence electrons. The molecule has 0 fully saturated rings. The molecule has 0 saturated carbocycles. The van der Waals surface area contributed by atoms with Gasteiger partial charge < -0.3 is 0 Å². The highest BCUT2D eigenvalue weighted by molar-refractivity contribution is 5.75. The Hall–Kier alpha value is -3.28. The van der Waals surface area contributed by atoms with Crippen LogP contribution in [-0.2, 0) is 0 Å². The zero-order valence-electron chi connectivity index (χ0n) is 10.6. The summed E-state index contributed by atoms with van der Waals surface area (Å²) >= 11 is 0. The van der Waals surface area contributed by atoms with Crippen molar-refractivity contribution in [1.82, 2.24) is 0 Å². The first-order valence-electron chi connectivity index (χ1n) is 5.86. The maximum absolute atomic E-state index is 10.7. The van der Waals surface area contributed by atoms with Gasteiger partial charge in [-0.05, 0) is 30.3 Å². The van der Waals surface area contributed by atoms with Crippen LogP contribution in [0.5, 0.6) is 0 Å². The maximum atomic E-state index is 10.7. The van der Waals surface area contributed by atoms with E-state index in [4.69, 9.17) is 6.57 Å². The van der Waals surface area contributed by atoms with Crippen LogP contribution in [0.3, 0.4) is 0 Å². The number of rotatable bonds is 1. The molecule has 20 heavy (non-hydrogen) atoms. The molecular weight excluding hydrogens is 246 g/mol. The van der Waals surface area contributed by atoms with E-state index in [1.165, 1.54) is 0 Å². The Kier molecular flexibility index (Phi) is 4.34. The number of carbonyl (C=O) groups is 1. The molecule has 0 unspecified atom stereocenters. The molecule has 0 aliphatic rings. The van der Waals surface area contributed by atoms with E-state index in [-0.39, 0.29) is 0 Å². The summed E-state index contributed by atoms with van der Waals surface area (Å²) in [5.74, 6) is 8.75. The SMILES string of the molecule is [C-]#[N+]C#Cc1cccc(C#Cc2cccc(C=O)c2)c1. The zero-order valence-corrected chi connectivity index (χ0v) is 10.6. The van der Waals surface area contributed by atoms with Crippen molar-refractivity contribution in [1.29, 1.82) is 0 Å². The first-order valence-corrected chi connectivity index (χ1v) is 5.86. The van der Waals surface area contributed by atoms with Crippen LogP contribution in [0.1, 0.15) is 27.0 Å². The quantitative estimate of drug-likeness (QED) is 0.436. The second kappa shape index (κ2) is 6.60. The predicted octanol–water partition coefficient (Wildman–Crippen LogP) is 3.13. The van der Waals surface area contributed by atoms with Gasteiger partial charge in [-0.2, -0.15) is 4.85 Å². The summed E-state index contributed by atoms with van der Waals surface area (Å²) in [5.41, 5.74) is 2.97. The Morgan fingerprint density at radius 1 is 0.900 bits per heavy atom. The fourth-order valence-corrected chi connectivity index (χ4v) is 1.60. The van der Waals surface area contributed by atoms with Crippen molar-refractivity contribution in [3.63, 3.8) is 0 Å². The molecule has 0 aliphatic carbocycles. The van der Waals surface area contributed by atoms with Gasteiger partial charge in [-0.25, -0.2) is 0 Å². The lowest BCUT2D eigenvalue weighted by molar-refractivity contribution is 0.112. The minimum Gasteiger partial charge on any atom is -0.298 e. The second-order valence-electron chi connectivity index (χ2n) is 3.92. The van der Waals surface area contributed by atoms with E-state index >= 15 is 0 Å². The van der Waals surface area contributed by atoms with Crippen LogP contribution in [0.25, 0.3) is 4.85 Å². The summed E-state index contributed by atoms with van der Waals surface area (Å²) in [6, 6.07) is 16.8. The molecule has 0 aromatic heterocycles. The van der Waals surface area contributed by atoms with E-state index in [0.717, 1.165) is 23.0 Å². The molecule has 0 aliphatic heterocycles. The van der Waals surface area contributed by atoms with Gasteiger partial charge in [0.1, 0.15) is 18.9 Å². The van der Waals surface area contributed by atoms with E-state index in [2.05, 4.69) is 28.7 Å². The summed E-state index contributed by atoms with van der Waals surface area (Å²) in [4.78, 5) is 13.7. The van der Waals surface area contributed by atoms with E-state index < -0.39 is 0 Å². The monoisotopic (exact) mass is 255 g/mol. The highest BCUT2D eigenvalue weighted by Crippen LogP contribution is 2.05. The van der Waals surface area contributed by atoms with Crippen LogP contribution in [-0.4, -0.2) is 6.29 Å². The second-order valence-corrected chi connectivity index (χ2v) is 3.92. The molecule has 0 amide bonds. The van der Waals surface area contributed by atoms with Gasteiger partial charge in [0.15, 0.2) is 0 Å². The molecule has 2 heteroatoms. The largest absolute Gasteiger partial charge is 0.298 e. The first-order chi connectivity index (χ1) is 9.81. The topological polar surface area (TPSA) is 21.4 Å². The fourth-order valence-electron chi connectivity index (χ4n) is 1.60. The third-order valence-corrected chi connectivity index (χ3v) is 2.49. The fraction of sp³-hybridized carbons (Fsp3) is 0. The van der Waals surface area contributed by atoms with Gasteiger partial charge in [0, 0.05) is 22.3 Å². The molecule has 0 spiro atoms. The van der Waals surface area contributed by atoms with Crippen molar-refractivity contribution < 1.29 is 4.79 Å². The molecule has 0 N–H and O–H groups in total. The van der Waals surface area contributed by atoms with Gasteiger partial charge in [0.2, 0.25) is 0 Å². The van der Waals surface area contributed by atoms with Crippen molar-refractivity contribution in [3.05, 3.63) is 82.2 Å². The Bertz CT molecular complexity index is 805. The number of nitrogens with zero attached hydrogens (tertiary/aromatic N) is 1. The van der Waals surface area contributed by atoms with Crippen LogP contribution in [0.2, 0.25) is 0 Å². The van der Waals surface area contributed by atoms with E-state index in [1.807, 2.05) is 30.3 Å². The number of benzene rings is 2. The molecule has 2 rings (SSSR count). The third-order valence-electron chi connectivity index (χ3n) is 2.49. The molecule has 0 bridgehead atoms. The Morgan fingerprint density at radius 2 is 1.50 bits per heavy atom. The van der Waals surface area contributed by atoms with Crippen LogP contribution in [0.15, 0.2) is 48.5 Å². The lowest BCUT2D eigenvalue weighted by Gasteiger charge is -1.94. The summed E-state index contributed by atoms with van der Waals surface area (Å²) in [6.45, 7) is 6.63. The Labute approximate surface area is 117 Å². The summed E-state index contributed by atoms with van der Waals surface area (Å²) in [7, 11) is 0. The van der Waals surface area contributed by atoms with Crippen molar-refractivity contribution in [2.45, 2.75) is 0 Å². The molecular formula is C18H9NO. The lowest BCUT2D eigenvalue weighted by Crippen LogP contribution is -1.82. The van der Waals surface area contributed by atoms with Gasteiger partial charge in [0.05, 0.1) is 0 Å². The average Bonchev–Trinajstić information content (AvgIpc) is 2.51. The highest BCUT2D eigenvalue weighted by Gasteiger charge is 1.92. The normalized spacial score (nSPS) is 8.35. The molecule has 2 aromatic rings. The van der Waals surface area contributed by atoms with Crippen LogP contribution < -0.4 is 0 Å². The summed E-state index contributed by atoms with van der Waals surface area (Å²) < 4.78 is 0. The predicted molar refractivity (Wildman–Crippen MR) is 77.7 cm³/mol. The number of carbonyl (C=O) groups excluding carboxylic acids is 1. The van der Waals surface area contributed by atoms with E-state index in [1.54, 1.807) is 18.2 Å². The van der Waals surface area contributed by atoms with Gasteiger partial charge >= 0.3 is 0 Å². The first kappa shape index (κ1) is 13.2. The molecule has 2 aromatic carbocycles. The van der Waals surface area contributed by atoms with E-state index in [0.29, 0.717) is 5.56 Å². The molecule has 0 saturated heterocycles. The number of aldehydes is 1. The smallest absolute Gasteiger partial charge is 0.150 e. The van der Waals surface area contributed by atoms with Crippen molar-refractivity contribution in [3.8, 4) is 23.8 Å². The van der Waals surface area contributed by atoms with Crippen LogP contribution in [0, 0.1) is 30.4 Å². The van der Waals surface area contributed by atoms with Crippen molar-refractivity contribution in [2.24, 2.45) is 0 Å². The van der Waals surface area contributed by atoms with Crippen molar-refractivity contribution >= 4 is 6.29 Å². The van der Waals surface area contributed by atoms with Gasteiger partial charge in [-0.3, -0.25) is 4.79 Å². The summed E-state index contributed by atoms with van der Waals surface area (Å²) in [6.07, 6.45) is 0.797. The minimum absolute atomic E-state index is 0.605. The third kappa shape index (κ3) is 3.61. The minimum atomic E-state index is 0.605. The van der Waals surface area contributed by atoms with Gasteiger partial charge in [-0.15, -0.1) is 0 Å². The van der Waals surface area contributed by atoms with Crippen molar-refractivity contribution in [2.75, 3.05) is 0 Å². The molecule has 2 nitrogen and oxygen atoms in total. The van der Waals surface area contributed by atoms with E-state index in [9.17, 15) is 4.79 Å². The molecule has 0 atom stereocenters. The van der Waals surface area contributed by atoms with Crippen LogP contribution in [0.4, 0.5) is 0 Å². The molecule has 0 heterocycles. The lowest BCUT2D eigenvalue weighted by atomic mass is 10.1. The average molecular weight is 255 g/mol. The Morgan fingerprint density at radius 3 is 2.15 bits per heavy atom. The Balaban J connectivity index is 2.28. The maximum Gasteiger partial charge on any atom is 0.150 e. The standard InChI is InChI=1S/C18H9NO/c1-19-11-10-17-6-2-4-15(12-17)8-9-16-5-3-7-18(13-16)14-20/h2-7,12-14H. The highest BCUT2D eigenvalue weighted by atomic mass is 16.1. The molecule has 0 radical (unpaired) electrons. The van der Waals surface area contributed by atoms with Crippen LogP contribution >= 0.6 is 0 Å². The van der Waals surface area contributed by atoms with Gasteiger partial charge in [0.25, 0.3) is 0 Å².